The summed E-state index contributed by atoms with van der Waals surface area (Å²) in [5, 5.41) is 0. The van der Waals surface area contributed by atoms with Gasteiger partial charge in [0, 0.05) is 19.2 Å². The Kier molecular flexibility index (Phi) is 3.13. The maximum atomic E-state index is 5.16. The quantitative estimate of drug-likeness (QED) is 0.627. The average molecular weight is 171 g/mol. The molecule has 1 saturated heterocycles. The molecule has 0 aliphatic carbocycles. The van der Waals surface area contributed by atoms with E-state index in [4.69, 9.17) is 4.74 Å². The molecule has 1 fully saturated rings. The molecule has 0 saturated carbocycles. The Labute approximate surface area is 75.9 Å². The second-order valence-corrected chi connectivity index (χ2v) is 4.73. The minimum absolute atomic E-state index is 0.336. The highest BCUT2D eigenvalue weighted by molar-refractivity contribution is 4.84. The molecule has 1 atom stereocenters. The predicted molar refractivity (Wildman–Crippen MR) is 51.3 cm³/mol. The van der Waals surface area contributed by atoms with E-state index in [1.54, 1.807) is 7.11 Å². The van der Waals surface area contributed by atoms with Crippen molar-refractivity contribution in [2.75, 3.05) is 26.8 Å². The zero-order chi connectivity index (χ0) is 9.19. The minimum Gasteiger partial charge on any atom is -0.384 e. The predicted octanol–water partition coefficient (Wildman–Crippen LogP) is 1.75. The Morgan fingerprint density at radius 1 is 1.42 bits per heavy atom. The van der Waals surface area contributed by atoms with Crippen LogP contribution in [-0.2, 0) is 4.74 Å². The maximum absolute atomic E-state index is 5.16. The van der Waals surface area contributed by atoms with Crippen LogP contribution in [0.25, 0.3) is 0 Å². The molecule has 0 amide bonds. The molecule has 0 spiro atoms. The Morgan fingerprint density at radius 2 is 2.08 bits per heavy atom. The number of nitrogens with zero attached hydrogens (tertiary/aromatic N) is 1. The van der Waals surface area contributed by atoms with Gasteiger partial charge >= 0.3 is 0 Å². The number of methoxy groups -OCH3 is 1. The van der Waals surface area contributed by atoms with Gasteiger partial charge in [0.1, 0.15) is 0 Å². The van der Waals surface area contributed by atoms with E-state index in [2.05, 4.69) is 25.7 Å². The van der Waals surface area contributed by atoms with Crippen molar-refractivity contribution in [3.05, 3.63) is 0 Å². The second kappa shape index (κ2) is 3.75. The van der Waals surface area contributed by atoms with E-state index in [0.717, 1.165) is 12.5 Å². The molecule has 0 radical (unpaired) electrons. The molecule has 12 heavy (non-hydrogen) atoms. The van der Waals surface area contributed by atoms with E-state index in [9.17, 15) is 0 Å². The van der Waals surface area contributed by atoms with Crippen molar-refractivity contribution in [3.63, 3.8) is 0 Å². The van der Waals surface area contributed by atoms with E-state index in [-0.39, 0.29) is 0 Å². The molecule has 0 aromatic carbocycles. The molecule has 0 unspecified atom stereocenters. The van der Waals surface area contributed by atoms with Crippen LogP contribution >= 0.6 is 0 Å². The third-order valence-electron chi connectivity index (χ3n) is 2.64. The first-order valence-electron chi connectivity index (χ1n) is 4.78. The van der Waals surface area contributed by atoms with Crippen LogP contribution in [0.15, 0.2) is 0 Å². The molecule has 0 N–H and O–H groups in total. The summed E-state index contributed by atoms with van der Waals surface area (Å²) >= 11 is 0. The van der Waals surface area contributed by atoms with Gasteiger partial charge in [0.2, 0.25) is 0 Å². The van der Waals surface area contributed by atoms with Crippen molar-refractivity contribution in [2.45, 2.75) is 32.7 Å². The third kappa shape index (κ3) is 2.46. The first-order valence-corrected chi connectivity index (χ1v) is 4.78. The van der Waals surface area contributed by atoms with Crippen LogP contribution < -0.4 is 0 Å². The lowest BCUT2D eigenvalue weighted by Crippen LogP contribution is -2.39. The molecule has 2 nitrogen and oxygen atoms in total. The van der Waals surface area contributed by atoms with Crippen LogP contribution in [0.5, 0.6) is 0 Å². The lowest BCUT2D eigenvalue weighted by molar-refractivity contribution is 0.131. The summed E-state index contributed by atoms with van der Waals surface area (Å²) in [7, 11) is 1.79. The van der Waals surface area contributed by atoms with Crippen LogP contribution in [0, 0.1) is 5.92 Å². The largest absolute Gasteiger partial charge is 0.384 e. The summed E-state index contributed by atoms with van der Waals surface area (Å²) < 4.78 is 5.16. The smallest absolute Gasteiger partial charge is 0.0503 e. The van der Waals surface area contributed by atoms with Gasteiger partial charge in [-0.1, -0.05) is 0 Å². The number of hydrogen-bond acceptors (Lipinski definition) is 2. The van der Waals surface area contributed by atoms with E-state index in [1.807, 2.05) is 0 Å². The highest BCUT2D eigenvalue weighted by Gasteiger charge is 2.29. The molecular formula is C10H21NO. The normalized spacial score (nSPS) is 26.5. The van der Waals surface area contributed by atoms with Crippen molar-refractivity contribution in [1.82, 2.24) is 4.90 Å². The third-order valence-corrected chi connectivity index (χ3v) is 2.64. The van der Waals surface area contributed by atoms with Gasteiger partial charge in [-0.2, -0.15) is 0 Å². The van der Waals surface area contributed by atoms with Crippen molar-refractivity contribution in [3.8, 4) is 0 Å². The van der Waals surface area contributed by atoms with Gasteiger partial charge in [0.25, 0.3) is 0 Å². The van der Waals surface area contributed by atoms with Crippen LogP contribution in [0.1, 0.15) is 27.2 Å². The van der Waals surface area contributed by atoms with Gasteiger partial charge in [-0.3, -0.25) is 4.90 Å². The fraction of sp³-hybridized carbons (Fsp3) is 1.00. The molecule has 72 valence electrons. The highest BCUT2D eigenvalue weighted by Crippen LogP contribution is 2.24. The van der Waals surface area contributed by atoms with Gasteiger partial charge in [0.15, 0.2) is 0 Å². The van der Waals surface area contributed by atoms with Gasteiger partial charge < -0.3 is 4.74 Å². The van der Waals surface area contributed by atoms with Crippen LogP contribution in [0.3, 0.4) is 0 Å². The highest BCUT2D eigenvalue weighted by atomic mass is 16.5. The Morgan fingerprint density at radius 3 is 2.50 bits per heavy atom. The van der Waals surface area contributed by atoms with Crippen molar-refractivity contribution < 1.29 is 4.74 Å². The maximum Gasteiger partial charge on any atom is 0.0503 e. The first kappa shape index (κ1) is 10.0. The fourth-order valence-corrected chi connectivity index (χ4v) is 1.81. The molecule has 1 aliphatic heterocycles. The fourth-order valence-electron chi connectivity index (χ4n) is 1.81. The van der Waals surface area contributed by atoms with Gasteiger partial charge in [-0.05, 0) is 39.7 Å². The average Bonchev–Trinajstić information content (AvgIpc) is 2.35. The standard InChI is InChI=1S/C10H21NO/c1-10(2,3)11-6-5-9(7-11)8-12-4/h9H,5-8H2,1-4H3/t9-/m0/s1. The summed E-state index contributed by atoms with van der Waals surface area (Å²) in [6.07, 6.45) is 1.30. The Balaban J connectivity index is 2.35. The summed E-state index contributed by atoms with van der Waals surface area (Å²) in [6, 6.07) is 0. The molecule has 2 heteroatoms. The summed E-state index contributed by atoms with van der Waals surface area (Å²) in [4.78, 5) is 2.54. The van der Waals surface area contributed by atoms with Crippen molar-refractivity contribution in [1.29, 1.82) is 0 Å². The van der Waals surface area contributed by atoms with E-state index in [1.165, 1.54) is 19.5 Å². The number of rotatable bonds is 2. The molecule has 1 heterocycles. The number of likely N-dealkylation sites (tertiary alicyclic amines) is 1. The van der Waals surface area contributed by atoms with Crippen molar-refractivity contribution >= 4 is 0 Å². The summed E-state index contributed by atoms with van der Waals surface area (Å²) in [5.41, 5.74) is 0.336. The lowest BCUT2D eigenvalue weighted by Gasteiger charge is -2.31. The molecule has 1 aliphatic rings. The first-order chi connectivity index (χ1) is 5.54. The van der Waals surface area contributed by atoms with E-state index in [0.29, 0.717) is 5.54 Å². The van der Waals surface area contributed by atoms with Gasteiger partial charge in [0.05, 0.1) is 6.61 Å². The zero-order valence-corrected chi connectivity index (χ0v) is 8.76. The van der Waals surface area contributed by atoms with Crippen LogP contribution in [0.2, 0.25) is 0 Å². The lowest BCUT2D eigenvalue weighted by atomic mass is 10.1. The van der Waals surface area contributed by atoms with Crippen molar-refractivity contribution in [2.24, 2.45) is 5.92 Å². The Hall–Kier alpha value is -0.0800. The molecular weight excluding hydrogens is 150 g/mol. The van der Waals surface area contributed by atoms with E-state index >= 15 is 0 Å². The van der Waals surface area contributed by atoms with Gasteiger partial charge in [-0.15, -0.1) is 0 Å². The summed E-state index contributed by atoms with van der Waals surface area (Å²) in [6.45, 7) is 10.2. The number of hydrogen-bond donors (Lipinski definition) is 0. The second-order valence-electron chi connectivity index (χ2n) is 4.73. The monoisotopic (exact) mass is 171 g/mol. The zero-order valence-electron chi connectivity index (χ0n) is 8.76. The minimum atomic E-state index is 0.336. The molecule has 0 bridgehead atoms. The topological polar surface area (TPSA) is 12.5 Å². The van der Waals surface area contributed by atoms with Crippen LogP contribution in [-0.4, -0.2) is 37.2 Å². The SMILES string of the molecule is COC[C@H]1CCN(C(C)(C)C)C1. The molecule has 1 rings (SSSR count). The van der Waals surface area contributed by atoms with Crippen LogP contribution in [0.4, 0.5) is 0 Å². The molecule has 0 aromatic rings. The van der Waals surface area contributed by atoms with E-state index < -0.39 is 0 Å². The summed E-state index contributed by atoms with van der Waals surface area (Å²) in [5.74, 6) is 0.759. The Bertz CT molecular complexity index is 139. The van der Waals surface area contributed by atoms with Gasteiger partial charge in [-0.25, -0.2) is 0 Å². The molecule has 0 aromatic heterocycles. The number of ether oxygens (including phenoxy) is 1.